The second kappa shape index (κ2) is 5.90. The maximum Gasteiger partial charge on any atom is 0.122 e. The summed E-state index contributed by atoms with van der Waals surface area (Å²) in [5.74, 6) is 0.628. The van der Waals surface area contributed by atoms with E-state index >= 15 is 0 Å². The first-order chi connectivity index (χ1) is 9.28. The van der Waals surface area contributed by atoms with Gasteiger partial charge >= 0.3 is 0 Å². The van der Waals surface area contributed by atoms with Crippen molar-refractivity contribution in [2.45, 2.75) is 64.0 Å². The zero-order valence-electron chi connectivity index (χ0n) is 11.9. The van der Waals surface area contributed by atoms with Crippen LogP contribution in [0.25, 0.3) is 0 Å². The first-order valence-corrected chi connectivity index (χ1v) is 8.44. The maximum atomic E-state index is 5.68. The van der Waals surface area contributed by atoms with E-state index < -0.39 is 0 Å². The van der Waals surface area contributed by atoms with Crippen molar-refractivity contribution in [3.63, 3.8) is 0 Å². The smallest absolute Gasteiger partial charge is 0.122 e. The van der Waals surface area contributed by atoms with Crippen molar-refractivity contribution in [2.75, 3.05) is 13.2 Å². The number of aryl methyl sites for hydroxylation is 1. The van der Waals surface area contributed by atoms with Crippen molar-refractivity contribution in [2.24, 2.45) is 0 Å². The van der Waals surface area contributed by atoms with Gasteiger partial charge in [-0.2, -0.15) is 0 Å². The topological polar surface area (TPSA) is 34.1 Å². The minimum Gasteiger partial charge on any atom is -0.372 e. The fourth-order valence-corrected chi connectivity index (χ4v) is 4.01. The molecule has 0 aliphatic heterocycles. The van der Waals surface area contributed by atoms with Gasteiger partial charge in [0.1, 0.15) is 11.1 Å². The van der Waals surface area contributed by atoms with Gasteiger partial charge in [-0.25, -0.2) is 4.98 Å². The standard InChI is InChI=1S/C15H24N2OS/c1-3-18-10(2)15-17-14-11(9-16-12-7-8-12)5-4-6-13(14)19-15/h10-12,16H,3-9H2,1-2H3. The predicted octanol–water partition coefficient (Wildman–Crippen LogP) is 3.41. The number of aromatic nitrogens is 1. The van der Waals surface area contributed by atoms with E-state index in [-0.39, 0.29) is 6.10 Å². The number of ether oxygens (including phenoxy) is 1. The third-order valence-corrected chi connectivity index (χ3v) is 5.37. The number of nitrogens with zero attached hydrogens (tertiary/aromatic N) is 1. The molecular formula is C15H24N2OS. The Bertz CT molecular complexity index is 428. The van der Waals surface area contributed by atoms with Crippen LogP contribution >= 0.6 is 11.3 Å². The summed E-state index contributed by atoms with van der Waals surface area (Å²) in [6.07, 6.45) is 6.70. The van der Waals surface area contributed by atoms with Crippen molar-refractivity contribution in [1.82, 2.24) is 10.3 Å². The Morgan fingerprint density at radius 1 is 1.42 bits per heavy atom. The van der Waals surface area contributed by atoms with Crippen molar-refractivity contribution >= 4 is 11.3 Å². The Kier molecular flexibility index (Phi) is 4.20. The van der Waals surface area contributed by atoms with E-state index in [1.54, 1.807) is 0 Å². The van der Waals surface area contributed by atoms with E-state index in [4.69, 9.17) is 9.72 Å². The highest BCUT2D eigenvalue weighted by molar-refractivity contribution is 7.11. The third-order valence-electron chi connectivity index (χ3n) is 4.08. The fraction of sp³-hybridized carbons (Fsp3) is 0.800. The van der Waals surface area contributed by atoms with Crippen LogP contribution in [0.5, 0.6) is 0 Å². The first-order valence-electron chi connectivity index (χ1n) is 7.62. The SMILES string of the molecule is CCOC(C)c1nc2c(s1)CCCC2CNC1CC1. The van der Waals surface area contributed by atoms with Crippen LogP contribution in [-0.2, 0) is 11.2 Å². The minimum absolute atomic E-state index is 0.151. The number of nitrogens with one attached hydrogen (secondary N) is 1. The highest BCUT2D eigenvalue weighted by Gasteiger charge is 2.28. The van der Waals surface area contributed by atoms with E-state index in [1.165, 1.54) is 47.7 Å². The molecule has 1 aromatic rings. The van der Waals surface area contributed by atoms with Gasteiger partial charge in [-0.1, -0.05) is 0 Å². The number of rotatable bonds is 6. The molecule has 0 bridgehead atoms. The summed E-state index contributed by atoms with van der Waals surface area (Å²) in [6.45, 7) is 6.04. The molecule has 3 nitrogen and oxygen atoms in total. The molecule has 0 radical (unpaired) electrons. The summed E-state index contributed by atoms with van der Waals surface area (Å²) in [5.41, 5.74) is 1.37. The lowest BCUT2D eigenvalue weighted by molar-refractivity contribution is 0.0760. The van der Waals surface area contributed by atoms with E-state index in [0.717, 1.165) is 19.2 Å². The third kappa shape index (κ3) is 3.18. The van der Waals surface area contributed by atoms with Crippen molar-refractivity contribution in [1.29, 1.82) is 0 Å². The minimum atomic E-state index is 0.151. The molecule has 106 valence electrons. The van der Waals surface area contributed by atoms with Gasteiger partial charge in [0.05, 0.1) is 5.69 Å². The average Bonchev–Trinajstić information content (AvgIpc) is 3.13. The van der Waals surface area contributed by atoms with Crippen LogP contribution < -0.4 is 5.32 Å². The molecule has 3 rings (SSSR count). The van der Waals surface area contributed by atoms with Crippen LogP contribution in [-0.4, -0.2) is 24.2 Å². The summed E-state index contributed by atoms with van der Waals surface area (Å²) in [7, 11) is 0. The lowest BCUT2D eigenvalue weighted by atomic mass is 9.91. The van der Waals surface area contributed by atoms with Crippen molar-refractivity contribution in [3.05, 3.63) is 15.6 Å². The maximum absolute atomic E-state index is 5.68. The number of hydrogen-bond donors (Lipinski definition) is 1. The first kappa shape index (κ1) is 13.5. The van der Waals surface area contributed by atoms with E-state index in [9.17, 15) is 0 Å². The number of thiazole rings is 1. The average molecular weight is 280 g/mol. The van der Waals surface area contributed by atoms with E-state index in [1.807, 2.05) is 18.3 Å². The summed E-state index contributed by atoms with van der Waals surface area (Å²) in [5, 5.41) is 4.84. The molecule has 1 saturated carbocycles. The molecule has 1 aromatic heterocycles. The van der Waals surface area contributed by atoms with Crippen molar-refractivity contribution in [3.8, 4) is 0 Å². The molecule has 2 aliphatic carbocycles. The van der Waals surface area contributed by atoms with Crippen LogP contribution in [0.3, 0.4) is 0 Å². The molecule has 1 N–H and O–H groups in total. The second-order valence-electron chi connectivity index (χ2n) is 5.73. The summed E-state index contributed by atoms with van der Waals surface area (Å²) >= 11 is 1.87. The molecule has 2 aliphatic rings. The Labute approximate surface area is 119 Å². The number of hydrogen-bond acceptors (Lipinski definition) is 4. The highest BCUT2D eigenvalue weighted by atomic mass is 32.1. The second-order valence-corrected chi connectivity index (χ2v) is 6.84. The Balaban J connectivity index is 1.70. The molecule has 0 aromatic carbocycles. The Morgan fingerprint density at radius 2 is 2.26 bits per heavy atom. The lowest BCUT2D eigenvalue weighted by Gasteiger charge is -2.21. The van der Waals surface area contributed by atoms with E-state index in [2.05, 4.69) is 12.2 Å². The molecule has 0 saturated heterocycles. The normalized spacial score (nSPS) is 24.2. The molecule has 1 fully saturated rings. The van der Waals surface area contributed by atoms with Crippen LogP contribution in [0.15, 0.2) is 0 Å². The van der Waals surface area contributed by atoms with E-state index in [0.29, 0.717) is 5.92 Å². The van der Waals surface area contributed by atoms with Gasteiger partial charge in [0.2, 0.25) is 0 Å². The number of fused-ring (bicyclic) bond motifs is 1. The molecule has 2 atom stereocenters. The van der Waals surface area contributed by atoms with Crippen LogP contribution in [0.1, 0.15) is 67.1 Å². The van der Waals surface area contributed by atoms with Crippen LogP contribution in [0, 0.1) is 0 Å². The molecule has 0 amide bonds. The predicted molar refractivity (Wildman–Crippen MR) is 78.9 cm³/mol. The quantitative estimate of drug-likeness (QED) is 0.867. The molecule has 19 heavy (non-hydrogen) atoms. The van der Waals surface area contributed by atoms with Gasteiger partial charge in [0.15, 0.2) is 0 Å². The Hall–Kier alpha value is -0.450. The molecule has 0 spiro atoms. The molecule has 1 heterocycles. The Morgan fingerprint density at radius 3 is 3.00 bits per heavy atom. The van der Waals surface area contributed by atoms with Gasteiger partial charge in [0, 0.05) is 30.0 Å². The monoisotopic (exact) mass is 280 g/mol. The van der Waals surface area contributed by atoms with Gasteiger partial charge in [-0.05, 0) is 46.0 Å². The van der Waals surface area contributed by atoms with Gasteiger partial charge in [-0.3, -0.25) is 0 Å². The fourth-order valence-electron chi connectivity index (χ4n) is 2.82. The van der Waals surface area contributed by atoms with Gasteiger partial charge in [-0.15, -0.1) is 11.3 Å². The molecular weight excluding hydrogens is 256 g/mol. The molecule has 4 heteroatoms. The largest absolute Gasteiger partial charge is 0.372 e. The highest BCUT2D eigenvalue weighted by Crippen LogP contribution is 2.37. The van der Waals surface area contributed by atoms with Gasteiger partial charge < -0.3 is 10.1 Å². The zero-order valence-corrected chi connectivity index (χ0v) is 12.8. The lowest BCUT2D eigenvalue weighted by Crippen LogP contribution is -2.25. The zero-order chi connectivity index (χ0) is 13.2. The summed E-state index contributed by atoms with van der Waals surface area (Å²) < 4.78 is 5.68. The summed E-state index contributed by atoms with van der Waals surface area (Å²) in [6, 6.07) is 0.797. The molecule has 2 unspecified atom stereocenters. The van der Waals surface area contributed by atoms with Crippen molar-refractivity contribution < 1.29 is 4.74 Å². The van der Waals surface area contributed by atoms with Crippen LogP contribution in [0.4, 0.5) is 0 Å². The van der Waals surface area contributed by atoms with Crippen LogP contribution in [0.2, 0.25) is 0 Å². The summed E-state index contributed by atoms with van der Waals surface area (Å²) in [4.78, 5) is 6.41. The van der Waals surface area contributed by atoms with Gasteiger partial charge in [0.25, 0.3) is 0 Å².